The summed E-state index contributed by atoms with van der Waals surface area (Å²) in [7, 11) is 0. The highest BCUT2D eigenvalue weighted by molar-refractivity contribution is 7.12. The summed E-state index contributed by atoms with van der Waals surface area (Å²) in [5.74, 6) is -0.629. The third kappa shape index (κ3) is 5.98. The number of thiophene rings is 2. The Morgan fingerprint density at radius 1 is 0.909 bits per heavy atom. The molecule has 0 bridgehead atoms. The van der Waals surface area contributed by atoms with Gasteiger partial charge < -0.3 is 0 Å². The second kappa shape index (κ2) is 8.85. The van der Waals surface area contributed by atoms with Gasteiger partial charge in [0.05, 0.1) is 12.4 Å². The quantitative estimate of drug-likeness (QED) is 0.601. The van der Waals surface area contributed by atoms with Gasteiger partial charge in [-0.05, 0) is 22.9 Å². The maximum Gasteiger partial charge on any atom is 0.240 e. The molecule has 0 atom stereocenters. The largest absolute Gasteiger partial charge is 0.273 e. The first-order valence-corrected chi connectivity index (χ1v) is 8.21. The van der Waals surface area contributed by atoms with E-state index in [-0.39, 0.29) is 24.7 Å². The average Bonchev–Trinajstić information content (AvgIpc) is 3.18. The molecule has 2 heterocycles. The molecule has 2 rings (SSSR count). The first kappa shape index (κ1) is 16.1. The molecule has 2 amide bonds. The van der Waals surface area contributed by atoms with Gasteiger partial charge in [0.1, 0.15) is 0 Å². The van der Waals surface area contributed by atoms with Crippen LogP contribution in [-0.2, 0) is 9.59 Å². The zero-order valence-corrected chi connectivity index (χ0v) is 13.2. The number of nitrogens with one attached hydrogen (secondary N) is 2. The van der Waals surface area contributed by atoms with E-state index in [2.05, 4.69) is 21.1 Å². The summed E-state index contributed by atoms with van der Waals surface area (Å²) >= 11 is 3.04. The van der Waals surface area contributed by atoms with Gasteiger partial charge in [-0.3, -0.25) is 9.59 Å². The van der Waals surface area contributed by atoms with Gasteiger partial charge in [0.15, 0.2) is 0 Å². The monoisotopic (exact) mass is 334 g/mol. The van der Waals surface area contributed by atoms with Crippen molar-refractivity contribution in [2.45, 2.75) is 12.8 Å². The van der Waals surface area contributed by atoms with Crippen molar-refractivity contribution in [2.75, 3.05) is 0 Å². The smallest absolute Gasteiger partial charge is 0.240 e. The number of nitrogens with zero attached hydrogens (tertiary/aromatic N) is 2. The number of rotatable bonds is 7. The topological polar surface area (TPSA) is 82.9 Å². The van der Waals surface area contributed by atoms with E-state index in [1.165, 1.54) is 22.7 Å². The van der Waals surface area contributed by atoms with Crippen LogP contribution in [0.1, 0.15) is 22.6 Å². The zero-order chi connectivity index (χ0) is 15.6. The molecule has 0 saturated carbocycles. The molecule has 0 aliphatic rings. The Balaban J connectivity index is 1.62. The van der Waals surface area contributed by atoms with Crippen LogP contribution in [0.15, 0.2) is 45.2 Å². The first-order valence-electron chi connectivity index (χ1n) is 6.45. The van der Waals surface area contributed by atoms with Gasteiger partial charge in [-0.2, -0.15) is 10.2 Å². The van der Waals surface area contributed by atoms with Crippen LogP contribution in [0.2, 0.25) is 0 Å². The summed E-state index contributed by atoms with van der Waals surface area (Å²) in [6.07, 6.45) is 3.24. The fourth-order valence-electron chi connectivity index (χ4n) is 1.40. The van der Waals surface area contributed by atoms with E-state index >= 15 is 0 Å². The fraction of sp³-hybridized carbons (Fsp3) is 0.143. The van der Waals surface area contributed by atoms with Gasteiger partial charge in [0.25, 0.3) is 0 Å². The molecule has 2 aromatic heterocycles. The minimum atomic E-state index is -0.315. The van der Waals surface area contributed by atoms with Crippen molar-refractivity contribution in [3.05, 3.63) is 44.8 Å². The first-order chi connectivity index (χ1) is 10.7. The predicted molar refractivity (Wildman–Crippen MR) is 89.3 cm³/mol. The van der Waals surface area contributed by atoms with Crippen molar-refractivity contribution in [1.29, 1.82) is 0 Å². The lowest BCUT2D eigenvalue weighted by Gasteiger charge is -1.99. The molecule has 0 aliphatic carbocycles. The number of carbonyl (C=O) groups excluding carboxylic acids is 2. The van der Waals surface area contributed by atoms with E-state index in [4.69, 9.17) is 0 Å². The predicted octanol–water partition coefficient (Wildman–Crippen LogP) is 2.19. The van der Waals surface area contributed by atoms with Gasteiger partial charge in [0.2, 0.25) is 11.8 Å². The van der Waals surface area contributed by atoms with Crippen molar-refractivity contribution < 1.29 is 9.59 Å². The average molecular weight is 334 g/mol. The number of carbonyl (C=O) groups is 2. The van der Waals surface area contributed by atoms with Crippen LogP contribution >= 0.6 is 22.7 Å². The van der Waals surface area contributed by atoms with Gasteiger partial charge in [-0.25, -0.2) is 10.9 Å². The van der Waals surface area contributed by atoms with Gasteiger partial charge in [-0.1, -0.05) is 12.1 Å². The maximum atomic E-state index is 11.5. The zero-order valence-electron chi connectivity index (χ0n) is 11.6. The fourth-order valence-corrected chi connectivity index (χ4v) is 2.57. The normalized spacial score (nSPS) is 11.1. The van der Waals surface area contributed by atoms with Crippen LogP contribution in [-0.4, -0.2) is 24.2 Å². The maximum absolute atomic E-state index is 11.5. The molecule has 0 radical (unpaired) electrons. The lowest BCUT2D eigenvalue weighted by atomic mass is 10.3. The van der Waals surface area contributed by atoms with Crippen LogP contribution < -0.4 is 10.9 Å². The van der Waals surface area contributed by atoms with Crippen molar-refractivity contribution in [2.24, 2.45) is 10.2 Å². The lowest BCUT2D eigenvalue weighted by Crippen LogP contribution is -2.22. The molecular weight excluding hydrogens is 320 g/mol. The third-order valence-electron chi connectivity index (χ3n) is 2.43. The summed E-state index contributed by atoms with van der Waals surface area (Å²) in [6, 6.07) is 7.57. The van der Waals surface area contributed by atoms with Crippen molar-refractivity contribution in [3.8, 4) is 0 Å². The highest BCUT2D eigenvalue weighted by Crippen LogP contribution is 2.04. The minimum Gasteiger partial charge on any atom is -0.273 e. The highest BCUT2D eigenvalue weighted by atomic mass is 32.1. The number of hydrazone groups is 2. The lowest BCUT2D eigenvalue weighted by molar-refractivity contribution is -0.126. The minimum absolute atomic E-state index is 0.0577. The molecule has 2 aromatic rings. The van der Waals surface area contributed by atoms with Crippen LogP contribution in [0.5, 0.6) is 0 Å². The second-order valence-electron chi connectivity index (χ2n) is 4.12. The van der Waals surface area contributed by atoms with E-state index < -0.39 is 0 Å². The van der Waals surface area contributed by atoms with E-state index in [0.29, 0.717) is 0 Å². The molecule has 0 aliphatic heterocycles. The Hall–Kier alpha value is -2.32. The van der Waals surface area contributed by atoms with E-state index in [1.54, 1.807) is 12.4 Å². The van der Waals surface area contributed by atoms with Crippen LogP contribution in [0, 0.1) is 0 Å². The molecule has 6 nitrogen and oxygen atoms in total. The molecule has 2 N–H and O–H groups in total. The summed E-state index contributed by atoms with van der Waals surface area (Å²) in [5.41, 5.74) is 4.75. The van der Waals surface area contributed by atoms with Crippen molar-refractivity contribution >= 4 is 46.9 Å². The summed E-state index contributed by atoms with van der Waals surface area (Å²) < 4.78 is 0. The van der Waals surface area contributed by atoms with Gasteiger partial charge in [0, 0.05) is 22.6 Å². The summed E-state index contributed by atoms with van der Waals surface area (Å²) in [5, 5.41) is 11.5. The van der Waals surface area contributed by atoms with Crippen LogP contribution in [0.25, 0.3) is 0 Å². The summed E-state index contributed by atoms with van der Waals surface area (Å²) in [4.78, 5) is 24.9. The number of hydrogen-bond donors (Lipinski definition) is 2. The standard InChI is InChI=1S/C14H14N4O2S2/c19-13(17-15-9-11-3-1-7-21-11)5-6-14(20)18-16-10-12-4-2-8-22-12/h1-4,7-10H,5-6H2,(H,17,19)(H,18,20)/b15-9-,16-10-. The molecule has 8 heteroatoms. The van der Waals surface area contributed by atoms with Crippen LogP contribution in [0.3, 0.4) is 0 Å². The van der Waals surface area contributed by atoms with E-state index in [1.807, 2.05) is 35.0 Å². The second-order valence-corrected chi connectivity index (χ2v) is 6.08. The van der Waals surface area contributed by atoms with E-state index in [9.17, 15) is 9.59 Å². The Kier molecular flexibility index (Phi) is 6.46. The molecule has 0 aromatic carbocycles. The van der Waals surface area contributed by atoms with Crippen molar-refractivity contribution in [3.63, 3.8) is 0 Å². The van der Waals surface area contributed by atoms with Gasteiger partial charge in [-0.15, -0.1) is 22.7 Å². The molecule has 0 saturated heterocycles. The van der Waals surface area contributed by atoms with Crippen LogP contribution in [0.4, 0.5) is 0 Å². The Bertz CT molecular complexity index is 590. The molecule has 0 spiro atoms. The number of hydrogen-bond acceptors (Lipinski definition) is 6. The Labute approximate surface area is 135 Å². The Morgan fingerprint density at radius 2 is 1.36 bits per heavy atom. The molecule has 22 heavy (non-hydrogen) atoms. The molecular formula is C14H14N4O2S2. The SMILES string of the molecule is O=C(CCC(=O)N/N=C\c1cccs1)N/N=C\c1cccs1. The number of amides is 2. The Morgan fingerprint density at radius 3 is 1.73 bits per heavy atom. The van der Waals surface area contributed by atoms with Gasteiger partial charge >= 0.3 is 0 Å². The molecule has 0 unspecified atom stereocenters. The van der Waals surface area contributed by atoms with Crippen molar-refractivity contribution in [1.82, 2.24) is 10.9 Å². The summed E-state index contributed by atoms with van der Waals surface area (Å²) in [6.45, 7) is 0. The highest BCUT2D eigenvalue weighted by Gasteiger charge is 2.05. The third-order valence-corrected chi connectivity index (χ3v) is 4.04. The molecule has 114 valence electrons. The van der Waals surface area contributed by atoms with E-state index in [0.717, 1.165) is 9.75 Å². The molecule has 0 fully saturated rings.